The number of rotatable bonds is 3. The third-order valence-electron chi connectivity index (χ3n) is 2.02. The van der Waals surface area contributed by atoms with Gasteiger partial charge in [-0.3, -0.25) is 4.79 Å². The van der Waals surface area contributed by atoms with E-state index < -0.39 is 11.9 Å². The van der Waals surface area contributed by atoms with E-state index in [0.29, 0.717) is 6.29 Å². The molecule has 0 saturated heterocycles. The lowest BCUT2D eigenvalue weighted by Crippen LogP contribution is -2.14. The van der Waals surface area contributed by atoms with Crippen LogP contribution in [0.4, 0.5) is 0 Å². The molecule has 0 aliphatic carbocycles. The molecule has 0 aliphatic heterocycles. The zero-order chi connectivity index (χ0) is 12.1. The van der Waals surface area contributed by atoms with Gasteiger partial charge in [-0.1, -0.05) is 12.1 Å². The van der Waals surface area contributed by atoms with E-state index in [0.717, 1.165) is 0 Å². The molecule has 84 valence electrons. The Balaban J connectivity index is 3.43. The molecule has 0 radical (unpaired) electrons. The first-order chi connectivity index (χ1) is 7.65. The molecule has 1 aromatic rings. The standard InChI is InChI=1S/C11H10O5/c1-15-10(13)8-5-3-4-7(6-12)9(8)11(14)16-2/h3-6H,1-2H3. The number of methoxy groups -OCH3 is 2. The minimum atomic E-state index is -0.747. The third kappa shape index (κ3) is 2.08. The van der Waals surface area contributed by atoms with E-state index >= 15 is 0 Å². The number of hydrogen-bond donors (Lipinski definition) is 0. The van der Waals surface area contributed by atoms with Gasteiger partial charge in [0.05, 0.1) is 25.3 Å². The highest BCUT2D eigenvalue weighted by atomic mass is 16.5. The number of esters is 2. The largest absolute Gasteiger partial charge is 0.465 e. The van der Waals surface area contributed by atoms with Crippen LogP contribution in [0.25, 0.3) is 0 Å². The molecule has 0 amide bonds. The predicted molar refractivity (Wildman–Crippen MR) is 54.5 cm³/mol. The minimum absolute atomic E-state index is 0.0129. The summed E-state index contributed by atoms with van der Waals surface area (Å²) in [5.74, 6) is -1.44. The molecule has 0 heterocycles. The van der Waals surface area contributed by atoms with Crippen LogP contribution < -0.4 is 0 Å². The smallest absolute Gasteiger partial charge is 0.339 e. The summed E-state index contributed by atoms with van der Waals surface area (Å²) in [6, 6.07) is 4.30. The summed E-state index contributed by atoms with van der Waals surface area (Å²) in [4.78, 5) is 33.6. The average Bonchev–Trinajstić information content (AvgIpc) is 2.35. The Bertz CT molecular complexity index is 436. The second-order valence-electron chi connectivity index (χ2n) is 2.87. The molecule has 0 saturated carbocycles. The number of carbonyl (C=O) groups is 3. The number of carbonyl (C=O) groups excluding carboxylic acids is 3. The Labute approximate surface area is 92.0 Å². The maximum Gasteiger partial charge on any atom is 0.339 e. The lowest BCUT2D eigenvalue weighted by atomic mass is 10.0. The van der Waals surface area contributed by atoms with Crippen LogP contribution in [-0.4, -0.2) is 32.4 Å². The quantitative estimate of drug-likeness (QED) is 0.565. The minimum Gasteiger partial charge on any atom is -0.465 e. The molecular weight excluding hydrogens is 212 g/mol. The van der Waals surface area contributed by atoms with Crippen LogP contribution in [0.3, 0.4) is 0 Å². The SMILES string of the molecule is COC(=O)c1cccc(C=O)c1C(=O)OC. The van der Waals surface area contributed by atoms with Crippen molar-refractivity contribution in [3.8, 4) is 0 Å². The monoisotopic (exact) mass is 222 g/mol. The van der Waals surface area contributed by atoms with Crippen LogP contribution >= 0.6 is 0 Å². The van der Waals surface area contributed by atoms with Gasteiger partial charge >= 0.3 is 11.9 Å². The third-order valence-corrected chi connectivity index (χ3v) is 2.02. The van der Waals surface area contributed by atoms with Crippen LogP contribution in [0.2, 0.25) is 0 Å². The lowest BCUT2D eigenvalue weighted by molar-refractivity contribution is 0.0554. The maximum absolute atomic E-state index is 11.4. The summed E-state index contributed by atoms with van der Waals surface area (Å²) < 4.78 is 9.02. The van der Waals surface area contributed by atoms with E-state index in [1.165, 1.54) is 32.4 Å². The van der Waals surface area contributed by atoms with Gasteiger partial charge in [0.1, 0.15) is 0 Å². The van der Waals surface area contributed by atoms with Crippen molar-refractivity contribution < 1.29 is 23.9 Å². The van der Waals surface area contributed by atoms with Gasteiger partial charge in [-0.15, -0.1) is 0 Å². The number of benzene rings is 1. The van der Waals surface area contributed by atoms with Crippen molar-refractivity contribution in [2.45, 2.75) is 0 Å². The molecule has 0 N–H and O–H groups in total. The van der Waals surface area contributed by atoms with Crippen molar-refractivity contribution >= 4 is 18.2 Å². The van der Waals surface area contributed by atoms with Crippen molar-refractivity contribution in [3.05, 3.63) is 34.9 Å². The Morgan fingerprint density at radius 2 is 1.75 bits per heavy atom. The van der Waals surface area contributed by atoms with Gasteiger partial charge in [-0.25, -0.2) is 9.59 Å². The molecule has 5 heteroatoms. The van der Waals surface area contributed by atoms with Gasteiger partial charge in [-0.2, -0.15) is 0 Å². The van der Waals surface area contributed by atoms with E-state index in [2.05, 4.69) is 9.47 Å². The molecule has 16 heavy (non-hydrogen) atoms. The number of hydrogen-bond acceptors (Lipinski definition) is 5. The van der Waals surface area contributed by atoms with Crippen molar-refractivity contribution in [3.63, 3.8) is 0 Å². The molecular formula is C11H10O5. The maximum atomic E-state index is 11.4. The summed E-state index contributed by atoms with van der Waals surface area (Å²) >= 11 is 0. The molecule has 0 aromatic heterocycles. The first-order valence-electron chi connectivity index (χ1n) is 4.40. The molecule has 1 rings (SSSR count). The summed E-state index contributed by atoms with van der Waals surface area (Å²) in [7, 11) is 2.36. The lowest BCUT2D eigenvalue weighted by Gasteiger charge is -2.07. The van der Waals surface area contributed by atoms with E-state index in [4.69, 9.17) is 0 Å². The fraction of sp³-hybridized carbons (Fsp3) is 0.182. The van der Waals surface area contributed by atoms with Crippen LogP contribution in [0, 0.1) is 0 Å². The molecule has 0 fully saturated rings. The van der Waals surface area contributed by atoms with Crippen molar-refractivity contribution in [1.29, 1.82) is 0 Å². The van der Waals surface area contributed by atoms with Gasteiger partial charge < -0.3 is 9.47 Å². The van der Waals surface area contributed by atoms with Crippen LogP contribution in [0.5, 0.6) is 0 Å². The summed E-state index contributed by atoms with van der Waals surface area (Å²) in [5, 5.41) is 0. The van der Waals surface area contributed by atoms with E-state index in [1.54, 1.807) is 0 Å². The highest BCUT2D eigenvalue weighted by Gasteiger charge is 2.21. The Kier molecular flexibility index (Phi) is 3.77. The fourth-order valence-corrected chi connectivity index (χ4v) is 1.28. The Hall–Kier alpha value is -2.17. The summed E-state index contributed by atoms with van der Waals surface area (Å²) in [6.07, 6.45) is 0.485. The molecule has 0 spiro atoms. The summed E-state index contributed by atoms with van der Waals surface area (Å²) in [5.41, 5.74) is 0.0283. The highest BCUT2D eigenvalue weighted by Crippen LogP contribution is 2.15. The Morgan fingerprint density at radius 3 is 2.25 bits per heavy atom. The van der Waals surface area contributed by atoms with Gasteiger partial charge in [0.15, 0.2) is 6.29 Å². The molecule has 1 aromatic carbocycles. The van der Waals surface area contributed by atoms with E-state index in [-0.39, 0.29) is 16.7 Å². The molecule has 5 nitrogen and oxygen atoms in total. The highest BCUT2D eigenvalue weighted by molar-refractivity contribution is 6.07. The van der Waals surface area contributed by atoms with Crippen molar-refractivity contribution in [2.75, 3.05) is 14.2 Å². The number of ether oxygens (including phenoxy) is 2. The second kappa shape index (κ2) is 5.06. The first kappa shape index (κ1) is 11.9. The predicted octanol–water partition coefficient (Wildman–Crippen LogP) is 1.07. The second-order valence-corrected chi connectivity index (χ2v) is 2.87. The first-order valence-corrected chi connectivity index (χ1v) is 4.40. The van der Waals surface area contributed by atoms with Crippen LogP contribution in [0.1, 0.15) is 31.1 Å². The zero-order valence-electron chi connectivity index (χ0n) is 8.85. The molecule has 0 unspecified atom stereocenters. The van der Waals surface area contributed by atoms with Gasteiger partial charge in [0, 0.05) is 5.56 Å². The van der Waals surface area contributed by atoms with Crippen molar-refractivity contribution in [2.24, 2.45) is 0 Å². The molecule has 0 aliphatic rings. The average molecular weight is 222 g/mol. The van der Waals surface area contributed by atoms with Crippen molar-refractivity contribution in [1.82, 2.24) is 0 Å². The van der Waals surface area contributed by atoms with E-state index in [1.807, 2.05) is 0 Å². The topological polar surface area (TPSA) is 69.7 Å². The van der Waals surface area contributed by atoms with Gasteiger partial charge in [-0.05, 0) is 6.07 Å². The fourth-order valence-electron chi connectivity index (χ4n) is 1.28. The van der Waals surface area contributed by atoms with Crippen LogP contribution in [0.15, 0.2) is 18.2 Å². The van der Waals surface area contributed by atoms with E-state index in [9.17, 15) is 14.4 Å². The Morgan fingerprint density at radius 1 is 1.12 bits per heavy atom. The zero-order valence-corrected chi connectivity index (χ0v) is 8.85. The summed E-state index contributed by atoms with van der Waals surface area (Å²) in [6.45, 7) is 0. The molecule has 0 atom stereocenters. The normalized spacial score (nSPS) is 9.38. The van der Waals surface area contributed by atoms with Gasteiger partial charge in [0.25, 0.3) is 0 Å². The van der Waals surface area contributed by atoms with Gasteiger partial charge in [0.2, 0.25) is 0 Å². The van der Waals surface area contributed by atoms with Crippen LogP contribution in [-0.2, 0) is 9.47 Å². The number of aldehydes is 1. The molecule has 0 bridgehead atoms.